The van der Waals surface area contributed by atoms with Gasteiger partial charge in [0.2, 0.25) is 11.8 Å². The molecule has 4 saturated carbocycles. The first-order valence-electron chi connectivity index (χ1n) is 10.7. The minimum atomic E-state index is -1.09. The van der Waals surface area contributed by atoms with E-state index in [1.807, 2.05) is 30.3 Å². The first-order chi connectivity index (χ1) is 13.8. The number of nitrogens with one attached hydrogen (secondary N) is 2. The van der Waals surface area contributed by atoms with Crippen molar-refractivity contribution in [2.24, 2.45) is 23.2 Å². The van der Waals surface area contributed by atoms with Gasteiger partial charge in [-0.2, -0.15) is 0 Å². The lowest BCUT2D eigenvalue weighted by Crippen LogP contribution is -2.58. The molecule has 0 heterocycles. The Morgan fingerprint density at radius 2 is 1.55 bits per heavy atom. The molecule has 1 aromatic carbocycles. The summed E-state index contributed by atoms with van der Waals surface area (Å²) in [4.78, 5) is 37.4. The first kappa shape index (κ1) is 19.9. The summed E-state index contributed by atoms with van der Waals surface area (Å²) in [6.07, 6.45) is 6.86. The molecule has 156 valence electrons. The van der Waals surface area contributed by atoms with Crippen LogP contribution in [-0.4, -0.2) is 35.0 Å². The molecular weight excluding hydrogens is 368 g/mol. The van der Waals surface area contributed by atoms with Crippen molar-refractivity contribution in [2.75, 3.05) is 0 Å². The maximum Gasteiger partial charge on any atom is 0.325 e. The SMILES string of the molecule is C[C@@H](NC(=O)C(Cc1ccccc1)NC(=O)C12CC3CC(CC(C3)C1)C2)C(=O)O. The highest BCUT2D eigenvalue weighted by Crippen LogP contribution is 2.60. The van der Waals surface area contributed by atoms with Crippen molar-refractivity contribution in [2.45, 2.75) is 64.0 Å². The van der Waals surface area contributed by atoms with Crippen molar-refractivity contribution in [1.29, 1.82) is 0 Å². The summed E-state index contributed by atoms with van der Waals surface area (Å²) in [5.41, 5.74) is 0.587. The molecule has 4 bridgehead atoms. The van der Waals surface area contributed by atoms with E-state index in [4.69, 9.17) is 5.11 Å². The van der Waals surface area contributed by atoms with Gasteiger partial charge in [-0.05, 0) is 68.8 Å². The Labute approximate surface area is 171 Å². The van der Waals surface area contributed by atoms with Gasteiger partial charge in [-0.15, -0.1) is 0 Å². The van der Waals surface area contributed by atoms with Crippen molar-refractivity contribution in [1.82, 2.24) is 10.6 Å². The Balaban J connectivity index is 1.50. The number of benzene rings is 1. The molecule has 6 nitrogen and oxygen atoms in total. The molecule has 6 heteroatoms. The van der Waals surface area contributed by atoms with E-state index in [-0.39, 0.29) is 11.3 Å². The summed E-state index contributed by atoms with van der Waals surface area (Å²) < 4.78 is 0. The summed E-state index contributed by atoms with van der Waals surface area (Å²) in [6.45, 7) is 1.43. The van der Waals surface area contributed by atoms with Crippen LogP contribution < -0.4 is 10.6 Å². The number of hydrogen-bond donors (Lipinski definition) is 3. The van der Waals surface area contributed by atoms with Crippen LogP contribution in [0, 0.1) is 23.2 Å². The molecule has 0 aliphatic heterocycles. The topological polar surface area (TPSA) is 95.5 Å². The van der Waals surface area contributed by atoms with E-state index in [0.717, 1.165) is 24.8 Å². The summed E-state index contributed by atoms with van der Waals surface area (Å²) >= 11 is 0. The van der Waals surface area contributed by atoms with Crippen LogP contribution in [0.1, 0.15) is 51.0 Å². The van der Waals surface area contributed by atoms with Crippen LogP contribution in [0.3, 0.4) is 0 Å². The Morgan fingerprint density at radius 3 is 2.07 bits per heavy atom. The molecule has 0 aromatic heterocycles. The molecular formula is C23H30N2O4. The minimum Gasteiger partial charge on any atom is -0.480 e. The first-order valence-corrected chi connectivity index (χ1v) is 10.7. The van der Waals surface area contributed by atoms with Crippen LogP contribution >= 0.6 is 0 Å². The Kier molecular flexibility index (Phi) is 5.36. The largest absolute Gasteiger partial charge is 0.480 e. The molecule has 2 amide bonds. The highest BCUT2D eigenvalue weighted by atomic mass is 16.4. The van der Waals surface area contributed by atoms with Crippen molar-refractivity contribution in [3.05, 3.63) is 35.9 Å². The van der Waals surface area contributed by atoms with Gasteiger partial charge in [-0.3, -0.25) is 14.4 Å². The van der Waals surface area contributed by atoms with Crippen LogP contribution in [-0.2, 0) is 20.8 Å². The predicted molar refractivity (Wildman–Crippen MR) is 108 cm³/mol. The number of amides is 2. The Bertz CT molecular complexity index is 756. The van der Waals surface area contributed by atoms with Gasteiger partial charge in [0.25, 0.3) is 0 Å². The van der Waals surface area contributed by atoms with Gasteiger partial charge in [0.1, 0.15) is 12.1 Å². The van der Waals surface area contributed by atoms with Crippen LogP contribution in [0.5, 0.6) is 0 Å². The number of aliphatic carboxylic acids is 1. The highest BCUT2D eigenvalue weighted by Gasteiger charge is 2.55. The molecule has 0 saturated heterocycles. The van der Waals surface area contributed by atoms with Crippen molar-refractivity contribution < 1.29 is 19.5 Å². The van der Waals surface area contributed by atoms with Crippen LogP contribution in [0.4, 0.5) is 0 Å². The second kappa shape index (κ2) is 7.81. The van der Waals surface area contributed by atoms with E-state index < -0.39 is 24.0 Å². The van der Waals surface area contributed by atoms with E-state index in [0.29, 0.717) is 24.2 Å². The lowest BCUT2D eigenvalue weighted by molar-refractivity contribution is -0.148. The second-order valence-corrected chi connectivity index (χ2v) is 9.48. The smallest absolute Gasteiger partial charge is 0.325 e. The molecule has 0 radical (unpaired) electrons. The summed E-state index contributed by atoms with van der Waals surface area (Å²) in [5.74, 6) is 0.364. The minimum absolute atomic E-state index is 0.0179. The average Bonchev–Trinajstić information content (AvgIpc) is 2.67. The fourth-order valence-electron chi connectivity index (χ4n) is 6.13. The zero-order valence-corrected chi connectivity index (χ0v) is 16.9. The number of carbonyl (C=O) groups is 3. The van der Waals surface area contributed by atoms with Gasteiger partial charge in [0, 0.05) is 11.8 Å². The predicted octanol–water partition coefficient (Wildman–Crippen LogP) is 2.52. The van der Waals surface area contributed by atoms with Gasteiger partial charge >= 0.3 is 5.97 Å². The third kappa shape index (κ3) is 4.16. The van der Waals surface area contributed by atoms with Crippen molar-refractivity contribution >= 4 is 17.8 Å². The molecule has 0 spiro atoms. The fraction of sp³-hybridized carbons (Fsp3) is 0.609. The number of carbonyl (C=O) groups excluding carboxylic acids is 2. The molecule has 3 N–H and O–H groups in total. The third-order valence-corrected chi connectivity index (χ3v) is 7.15. The standard InChI is InChI=1S/C23H30N2O4/c1-14(21(27)28)24-20(26)19(10-15-5-3-2-4-6-15)25-22(29)23-11-16-7-17(12-23)9-18(8-16)13-23/h2-6,14,16-19H,7-13H2,1H3,(H,24,26)(H,25,29)(H,27,28)/t14-,16?,17?,18?,19?,23?/m1/s1. The van der Waals surface area contributed by atoms with Crippen molar-refractivity contribution in [3.63, 3.8) is 0 Å². The van der Waals surface area contributed by atoms with Gasteiger partial charge in [-0.25, -0.2) is 0 Å². The maximum absolute atomic E-state index is 13.4. The number of carboxylic acids is 1. The van der Waals surface area contributed by atoms with Gasteiger partial charge in [-0.1, -0.05) is 30.3 Å². The molecule has 4 aliphatic carbocycles. The molecule has 29 heavy (non-hydrogen) atoms. The molecule has 1 aromatic rings. The summed E-state index contributed by atoms with van der Waals surface area (Å²) in [6, 6.07) is 7.74. The van der Waals surface area contributed by atoms with E-state index in [9.17, 15) is 14.4 Å². The van der Waals surface area contributed by atoms with Crippen LogP contribution in [0.15, 0.2) is 30.3 Å². The molecule has 5 rings (SSSR count). The van der Waals surface area contributed by atoms with Crippen molar-refractivity contribution in [3.8, 4) is 0 Å². The van der Waals surface area contributed by atoms with Crippen LogP contribution in [0.2, 0.25) is 0 Å². The Morgan fingerprint density at radius 1 is 1.00 bits per heavy atom. The number of hydrogen-bond acceptors (Lipinski definition) is 3. The second-order valence-electron chi connectivity index (χ2n) is 9.48. The van der Waals surface area contributed by atoms with Gasteiger partial charge in [0.15, 0.2) is 0 Å². The summed E-state index contributed by atoms with van der Waals surface area (Å²) in [5, 5.41) is 14.7. The normalized spacial score (nSPS) is 31.7. The monoisotopic (exact) mass is 398 g/mol. The van der Waals surface area contributed by atoms with Gasteiger partial charge < -0.3 is 15.7 Å². The highest BCUT2D eigenvalue weighted by molar-refractivity contribution is 5.92. The maximum atomic E-state index is 13.4. The quantitative estimate of drug-likeness (QED) is 0.658. The van der Waals surface area contributed by atoms with Gasteiger partial charge in [0.05, 0.1) is 0 Å². The Hall–Kier alpha value is -2.37. The third-order valence-electron chi connectivity index (χ3n) is 7.15. The van der Waals surface area contributed by atoms with E-state index in [1.165, 1.54) is 26.2 Å². The zero-order chi connectivity index (χ0) is 20.6. The fourth-order valence-corrected chi connectivity index (χ4v) is 6.13. The lowest BCUT2D eigenvalue weighted by atomic mass is 9.49. The zero-order valence-electron chi connectivity index (χ0n) is 16.9. The molecule has 1 unspecified atom stereocenters. The van der Waals surface area contributed by atoms with Crippen LogP contribution in [0.25, 0.3) is 0 Å². The molecule has 2 atom stereocenters. The summed E-state index contributed by atoms with van der Waals surface area (Å²) in [7, 11) is 0. The lowest BCUT2D eigenvalue weighted by Gasteiger charge is -2.55. The van der Waals surface area contributed by atoms with E-state index in [1.54, 1.807) is 0 Å². The molecule has 4 aliphatic rings. The average molecular weight is 399 g/mol. The number of carboxylic acid groups (broad SMARTS) is 1. The van der Waals surface area contributed by atoms with E-state index >= 15 is 0 Å². The molecule has 4 fully saturated rings. The number of rotatable bonds is 7. The van der Waals surface area contributed by atoms with E-state index in [2.05, 4.69) is 10.6 Å².